The van der Waals surface area contributed by atoms with Gasteiger partial charge in [0.05, 0.1) is 11.7 Å². The van der Waals surface area contributed by atoms with Crippen molar-refractivity contribution in [3.8, 4) is 0 Å². The average Bonchev–Trinajstić information content (AvgIpc) is 3.27. The molecule has 1 saturated carbocycles. The van der Waals surface area contributed by atoms with Gasteiger partial charge in [0.15, 0.2) is 0 Å². The Balaban J connectivity index is 1.76. The molecule has 5 rings (SSSR count). The lowest BCUT2D eigenvalue weighted by Gasteiger charge is -2.39. The number of aromatic nitrogens is 2. The zero-order valence-electron chi connectivity index (χ0n) is 20.5. The number of aliphatic hydroxyl groups excluding tert-OH is 1. The molecule has 3 heterocycles. The summed E-state index contributed by atoms with van der Waals surface area (Å²) in [6.07, 6.45) is -0.123. The van der Waals surface area contributed by atoms with E-state index in [4.69, 9.17) is 9.72 Å². The molecule has 2 aliphatic carbocycles. The normalized spacial score (nSPS) is 30.1. The van der Waals surface area contributed by atoms with Crippen LogP contribution < -0.4 is 0 Å². The van der Waals surface area contributed by atoms with Gasteiger partial charge in [-0.2, -0.15) is 13.2 Å². The van der Waals surface area contributed by atoms with Crippen molar-refractivity contribution in [2.45, 2.75) is 96.6 Å². The number of fused-ring (bicyclic) bond motifs is 4. The predicted octanol–water partition coefficient (Wildman–Crippen LogP) is 6.76. The molecule has 0 radical (unpaired) electrons. The van der Waals surface area contributed by atoms with Crippen LogP contribution in [0.3, 0.4) is 0 Å². The molecule has 0 amide bonds. The molecule has 7 heteroatoms. The van der Waals surface area contributed by atoms with Crippen LogP contribution in [-0.4, -0.2) is 15.1 Å². The van der Waals surface area contributed by atoms with Crippen molar-refractivity contribution < 1.29 is 23.0 Å². The van der Waals surface area contributed by atoms with Crippen molar-refractivity contribution in [2.24, 2.45) is 11.3 Å². The highest BCUT2D eigenvalue weighted by Gasteiger charge is 2.55. The topological polar surface area (TPSA) is 55.2 Å². The van der Waals surface area contributed by atoms with Gasteiger partial charge in [-0.3, -0.25) is 9.97 Å². The molecule has 2 aromatic rings. The van der Waals surface area contributed by atoms with E-state index in [1.165, 1.54) is 12.3 Å². The Kier molecular flexibility index (Phi) is 5.41. The van der Waals surface area contributed by atoms with E-state index in [2.05, 4.69) is 39.6 Å². The Morgan fingerprint density at radius 2 is 1.91 bits per heavy atom. The lowest BCUT2D eigenvalue weighted by Crippen LogP contribution is -2.34. The lowest BCUT2D eigenvalue weighted by atomic mass is 9.69. The van der Waals surface area contributed by atoms with Gasteiger partial charge in [-0.25, -0.2) is 0 Å². The third kappa shape index (κ3) is 3.58. The highest BCUT2D eigenvalue weighted by molar-refractivity contribution is 5.54. The third-order valence-corrected chi connectivity index (χ3v) is 8.03. The molecule has 0 aromatic carbocycles. The van der Waals surface area contributed by atoms with Crippen LogP contribution in [0.1, 0.15) is 118 Å². The minimum absolute atomic E-state index is 0.0629. The van der Waals surface area contributed by atoms with Gasteiger partial charge in [0.25, 0.3) is 0 Å². The smallest absolute Gasteiger partial charge is 0.388 e. The van der Waals surface area contributed by atoms with Crippen LogP contribution in [-0.2, 0) is 22.9 Å². The highest BCUT2D eigenvalue weighted by atomic mass is 19.4. The maximum Gasteiger partial charge on any atom is 0.433 e. The Labute approximate surface area is 199 Å². The molecule has 0 bridgehead atoms. The highest BCUT2D eigenvalue weighted by Crippen LogP contribution is 2.61. The first-order valence-corrected chi connectivity index (χ1v) is 12.3. The molecule has 1 aliphatic heterocycles. The van der Waals surface area contributed by atoms with Gasteiger partial charge in [-0.05, 0) is 61.0 Å². The second-order valence-electron chi connectivity index (χ2n) is 11.5. The van der Waals surface area contributed by atoms with Crippen LogP contribution in [0, 0.1) is 11.3 Å². The summed E-state index contributed by atoms with van der Waals surface area (Å²) >= 11 is 0. The number of ether oxygens (including phenoxy) is 1. The minimum atomic E-state index is -4.49. The van der Waals surface area contributed by atoms with E-state index in [0.29, 0.717) is 12.0 Å². The standard InChI is InChI=1S/C27H33F3N2O2/c1-14(2)23-21-22(20-17(32-23)11-25(4,5)12-18(20)33)26(10-6-7-15(26)3)34-24(21)16-8-9-19(31-13-16)27(28,29)30/h8-9,13-15,18,24,33H,6-7,10-12H2,1-5H3. The summed E-state index contributed by atoms with van der Waals surface area (Å²) in [6, 6.07) is 2.51. The Hall–Kier alpha value is -1.99. The molecule has 3 aliphatic rings. The lowest BCUT2D eigenvalue weighted by molar-refractivity contribution is -0.141. The summed E-state index contributed by atoms with van der Waals surface area (Å²) in [4.78, 5) is 8.82. The summed E-state index contributed by atoms with van der Waals surface area (Å²) in [5.41, 5.74) is 3.80. The van der Waals surface area contributed by atoms with Crippen LogP contribution in [0.15, 0.2) is 18.3 Å². The van der Waals surface area contributed by atoms with E-state index in [-0.39, 0.29) is 17.3 Å². The van der Waals surface area contributed by atoms with E-state index >= 15 is 0 Å². The molecule has 1 N–H and O–H groups in total. The number of hydrogen-bond donors (Lipinski definition) is 1. The Morgan fingerprint density at radius 1 is 1.18 bits per heavy atom. The Morgan fingerprint density at radius 3 is 2.47 bits per heavy atom. The largest absolute Gasteiger partial charge is 0.433 e. The molecule has 34 heavy (non-hydrogen) atoms. The number of halogens is 3. The molecule has 1 fully saturated rings. The first kappa shape index (κ1) is 23.7. The third-order valence-electron chi connectivity index (χ3n) is 8.03. The molecule has 4 atom stereocenters. The van der Waals surface area contributed by atoms with Crippen LogP contribution in [0.25, 0.3) is 0 Å². The fourth-order valence-electron chi connectivity index (χ4n) is 6.48. The maximum absolute atomic E-state index is 13.2. The summed E-state index contributed by atoms with van der Waals surface area (Å²) in [7, 11) is 0. The van der Waals surface area contributed by atoms with Crippen LogP contribution in [0.2, 0.25) is 0 Å². The maximum atomic E-state index is 13.2. The molecule has 4 unspecified atom stereocenters. The quantitative estimate of drug-likeness (QED) is 0.523. The summed E-state index contributed by atoms with van der Waals surface area (Å²) in [5, 5.41) is 11.4. The van der Waals surface area contributed by atoms with Crippen molar-refractivity contribution >= 4 is 0 Å². The summed E-state index contributed by atoms with van der Waals surface area (Å²) in [6.45, 7) is 10.7. The number of alkyl halides is 3. The van der Waals surface area contributed by atoms with E-state index in [9.17, 15) is 18.3 Å². The predicted molar refractivity (Wildman–Crippen MR) is 122 cm³/mol. The number of pyridine rings is 2. The minimum Gasteiger partial charge on any atom is -0.388 e. The van der Waals surface area contributed by atoms with E-state index in [0.717, 1.165) is 59.8 Å². The number of nitrogens with zero attached hydrogens (tertiary/aromatic N) is 2. The van der Waals surface area contributed by atoms with E-state index < -0.39 is 29.7 Å². The summed E-state index contributed by atoms with van der Waals surface area (Å²) < 4.78 is 46.4. The average molecular weight is 475 g/mol. The first-order chi connectivity index (χ1) is 15.8. The number of rotatable bonds is 2. The molecule has 1 spiro atoms. The second kappa shape index (κ2) is 7.76. The van der Waals surface area contributed by atoms with Crippen molar-refractivity contribution in [2.75, 3.05) is 0 Å². The van der Waals surface area contributed by atoms with Crippen LogP contribution >= 0.6 is 0 Å². The van der Waals surface area contributed by atoms with Gasteiger partial charge in [-0.15, -0.1) is 0 Å². The van der Waals surface area contributed by atoms with Gasteiger partial charge in [0, 0.05) is 34.3 Å². The van der Waals surface area contributed by atoms with Crippen LogP contribution in [0.4, 0.5) is 13.2 Å². The molecule has 2 aromatic heterocycles. The zero-order valence-corrected chi connectivity index (χ0v) is 20.5. The van der Waals surface area contributed by atoms with Crippen molar-refractivity contribution in [1.29, 1.82) is 0 Å². The van der Waals surface area contributed by atoms with E-state index in [1.54, 1.807) is 0 Å². The fraction of sp³-hybridized carbons (Fsp3) is 0.630. The molecule has 0 saturated heterocycles. The van der Waals surface area contributed by atoms with Crippen molar-refractivity contribution in [1.82, 2.24) is 9.97 Å². The van der Waals surface area contributed by atoms with Gasteiger partial charge in [-0.1, -0.05) is 40.7 Å². The van der Waals surface area contributed by atoms with Crippen molar-refractivity contribution in [3.05, 3.63) is 57.7 Å². The van der Waals surface area contributed by atoms with Crippen molar-refractivity contribution in [3.63, 3.8) is 0 Å². The zero-order chi connectivity index (χ0) is 24.6. The number of aliphatic hydroxyl groups is 1. The molecule has 184 valence electrons. The van der Waals surface area contributed by atoms with Gasteiger partial charge < -0.3 is 9.84 Å². The van der Waals surface area contributed by atoms with Gasteiger partial charge >= 0.3 is 6.18 Å². The monoisotopic (exact) mass is 474 g/mol. The first-order valence-electron chi connectivity index (χ1n) is 12.3. The Bertz CT molecular complexity index is 1110. The molecular formula is C27H33F3N2O2. The number of hydrogen-bond acceptors (Lipinski definition) is 4. The van der Waals surface area contributed by atoms with Gasteiger partial charge in [0.1, 0.15) is 11.8 Å². The molecule has 4 nitrogen and oxygen atoms in total. The molecular weight excluding hydrogens is 441 g/mol. The second-order valence-corrected chi connectivity index (χ2v) is 11.5. The van der Waals surface area contributed by atoms with E-state index in [1.807, 2.05) is 0 Å². The fourth-order valence-corrected chi connectivity index (χ4v) is 6.48. The van der Waals surface area contributed by atoms with Crippen LogP contribution in [0.5, 0.6) is 0 Å². The van der Waals surface area contributed by atoms with Gasteiger partial charge in [0.2, 0.25) is 0 Å². The SMILES string of the molecule is CC(C)c1nc2c(c3c1C(c1ccc(C(F)(F)F)nc1)OC31CCCC1C)C(O)CC(C)(C)C2. The summed E-state index contributed by atoms with van der Waals surface area (Å²) in [5.74, 6) is 0.328.